The monoisotopic (exact) mass is 318 g/mol. The minimum Gasteiger partial charge on any atom is -0.491 e. The highest BCUT2D eigenvalue weighted by Crippen LogP contribution is 2.26. The Bertz CT molecular complexity index is 787. The van der Waals surface area contributed by atoms with Crippen molar-refractivity contribution in [3.8, 4) is 5.75 Å². The molecule has 7 heteroatoms. The third-order valence-electron chi connectivity index (χ3n) is 3.60. The fourth-order valence-electron chi connectivity index (χ4n) is 2.53. The van der Waals surface area contributed by atoms with Crippen molar-refractivity contribution in [2.45, 2.75) is 6.92 Å². The topological polar surface area (TPSA) is 42.6 Å². The number of aromatic nitrogens is 2. The fraction of sp³-hybridized carbons (Fsp3) is 0.250. The highest BCUT2D eigenvalue weighted by atomic mass is 19.1. The van der Waals surface area contributed by atoms with Gasteiger partial charge < -0.3 is 9.64 Å². The van der Waals surface area contributed by atoms with Crippen LogP contribution in [-0.2, 0) is 7.05 Å². The molecule has 0 bridgehead atoms. The average molecular weight is 318 g/mol. The van der Waals surface area contributed by atoms with E-state index in [0.29, 0.717) is 17.9 Å². The molecule has 2 heterocycles. The number of rotatable bonds is 3. The van der Waals surface area contributed by atoms with Crippen LogP contribution in [0.25, 0.3) is 0 Å². The largest absolute Gasteiger partial charge is 0.491 e. The van der Waals surface area contributed by atoms with Gasteiger partial charge in [-0.3, -0.25) is 9.67 Å². The van der Waals surface area contributed by atoms with Crippen LogP contribution in [-0.4, -0.2) is 29.3 Å². The number of benzene rings is 1. The van der Waals surface area contributed by atoms with Crippen LogP contribution in [0.4, 0.5) is 14.5 Å². The summed E-state index contributed by atoms with van der Waals surface area (Å²) in [7, 11) is 3.07. The van der Waals surface area contributed by atoms with Gasteiger partial charge in [0, 0.05) is 25.0 Å². The van der Waals surface area contributed by atoms with Crippen molar-refractivity contribution in [3.63, 3.8) is 0 Å². The van der Waals surface area contributed by atoms with E-state index in [-0.39, 0.29) is 5.75 Å². The predicted molar refractivity (Wildman–Crippen MR) is 83.8 cm³/mol. The summed E-state index contributed by atoms with van der Waals surface area (Å²) in [6, 6.07) is 2.47. The zero-order valence-corrected chi connectivity index (χ0v) is 13.0. The number of anilines is 1. The number of halogens is 2. The molecule has 5 nitrogen and oxygen atoms in total. The van der Waals surface area contributed by atoms with E-state index >= 15 is 0 Å². The maximum Gasteiger partial charge on any atom is 0.190 e. The van der Waals surface area contributed by atoms with Crippen LogP contribution >= 0.6 is 0 Å². The van der Waals surface area contributed by atoms with E-state index in [1.165, 1.54) is 19.2 Å². The molecule has 0 N–H and O–H groups in total. The maximum atomic E-state index is 13.9. The molecule has 2 aromatic rings. The Morgan fingerprint density at radius 3 is 2.43 bits per heavy atom. The number of aliphatic imine (C=N–C) groups is 1. The van der Waals surface area contributed by atoms with Crippen LogP contribution in [0.2, 0.25) is 0 Å². The Morgan fingerprint density at radius 1 is 1.22 bits per heavy atom. The van der Waals surface area contributed by atoms with Gasteiger partial charge in [-0.15, -0.1) is 0 Å². The minimum absolute atomic E-state index is 0.355. The summed E-state index contributed by atoms with van der Waals surface area (Å²) < 4.78 is 34.2. The van der Waals surface area contributed by atoms with Gasteiger partial charge in [0.2, 0.25) is 0 Å². The number of nitrogens with zero attached hydrogens (tertiary/aromatic N) is 4. The first kappa shape index (κ1) is 15.2. The Kier molecular flexibility index (Phi) is 3.85. The lowest BCUT2D eigenvalue weighted by Crippen LogP contribution is -2.24. The summed E-state index contributed by atoms with van der Waals surface area (Å²) in [5.74, 6) is -1.87. The lowest BCUT2D eigenvalue weighted by molar-refractivity contribution is 0.360. The molecule has 0 radical (unpaired) electrons. The third kappa shape index (κ3) is 2.81. The number of hydrogen-bond acceptors (Lipinski definition) is 4. The molecule has 0 saturated heterocycles. The van der Waals surface area contributed by atoms with Crippen LogP contribution in [0.5, 0.6) is 5.75 Å². The van der Waals surface area contributed by atoms with Gasteiger partial charge in [0.05, 0.1) is 24.7 Å². The number of hydrogen-bond donors (Lipinski definition) is 0. The highest BCUT2D eigenvalue weighted by Gasteiger charge is 2.19. The molecule has 1 aliphatic heterocycles. The Labute approximate surface area is 132 Å². The zero-order valence-electron chi connectivity index (χ0n) is 13.0. The molecule has 1 aliphatic rings. The smallest absolute Gasteiger partial charge is 0.190 e. The van der Waals surface area contributed by atoms with Crippen LogP contribution in [0.3, 0.4) is 0 Å². The van der Waals surface area contributed by atoms with Gasteiger partial charge in [0.25, 0.3) is 0 Å². The molecular formula is C16H16F2N4O. The van der Waals surface area contributed by atoms with E-state index in [1.807, 2.05) is 31.3 Å². The molecule has 0 unspecified atom stereocenters. The van der Waals surface area contributed by atoms with Crippen LogP contribution in [0, 0.1) is 11.6 Å². The summed E-state index contributed by atoms with van der Waals surface area (Å²) in [6.45, 7) is 2.20. The van der Waals surface area contributed by atoms with Gasteiger partial charge in [-0.2, -0.15) is 5.10 Å². The summed E-state index contributed by atoms with van der Waals surface area (Å²) in [6.07, 6.45) is 5.49. The first-order valence-electron chi connectivity index (χ1n) is 7.01. The van der Waals surface area contributed by atoms with Gasteiger partial charge >= 0.3 is 0 Å². The molecule has 0 saturated carbocycles. The van der Waals surface area contributed by atoms with Crippen molar-refractivity contribution in [1.29, 1.82) is 0 Å². The van der Waals surface area contributed by atoms with E-state index in [4.69, 9.17) is 4.74 Å². The lowest BCUT2D eigenvalue weighted by atomic mass is 10.0. The third-order valence-corrected chi connectivity index (χ3v) is 3.60. The van der Waals surface area contributed by atoms with Crippen molar-refractivity contribution in [2.24, 2.45) is 12.0 Å². The average Bonchev–Trinajstić information content (AvgIpc) is 2.93. The van der Waals surface area contributed by atoms with E-state index in [2.05, 4.69) is 10.1 Å². The summed E-state index contributed by atoms with van der Waals surface area (Å²) in [4.78, 5) is 6.37. The van der Waals surface area contributed by atoms with Gasteiger partial charge in [0.15, 0.2) is 17.4 Å². The lowest BCUT2D eigenvalue weighted by Gasteiger charge is -2.23. The Hall–Kier alpha value is -2.70. The second kappa shape index (κ2) is 5.83. The fourth-order valence-corrected chi connectivity index (χ4v) is 2.53. The summed E-state index contributed by atoms with van der Waals surface area (Å²) in [5.41, 5.74) is 2.66. The normalized spacial score (nSPS) is 14.6. The van der Waals surface area contributed by atoms with Gasteiger partial charge in [0.1, 0.15) is 6.67 Å². The quantitative estimate of drug-likeness (QED) is 0.874. The second-order valence-corrected chi connectivity index (χ2v) is 5.28. The molecular weight excluding hydrogens is 302 g/mol. The molecule has 120 valence electrons. The van der Waals surface area contributed by atoms with E-state index in [1.54, 1.807) is 10.9 Å². The molecule has 0 fully saturated rings. The van der Waals surface area contributed by atoms with Crippen molar-refractivity contribution in [2.75, 3.05) is 18.7 Å². The van der Waals surface area contributed by atoms with Crippen molar-refractivity contribution in [3.05, 3.63) is 53.5 Å². The molecule has 0 aliphatic carbocycles. The van der Waals surface area contributed by atoms with Crippen molar-refractivity contribution >= 4 is 11.4 Å². The SMILES string of the molecule is COc1c(F)cc(C2=NCN(c3cnn(C)c3)C=C2C)cc1F. The van der Waals surface area contributed by atoms with E-state index in [9.17, 15) is 8.78 Å². The first-order chi connectivity index (χ1) is 11.0. The van der Waals surface area contributed by atoms with E-state index < -0.39 is 11.6 Å². The molecule has 23 heavy (non-hydrogen) atoms. The van der Waals surface area contributed by atoms with Gasteiger partial charge in [-0.05, 0) is 24.6 Å². The molecule has 0 spiro atoms. The van der Waals surface area contributed by atoms with Crippen LogP contribution < -0.4 is 9.64 Å². The number of allylic oxidation sites excluding steroid dienone is 1. The summed E-state index contributed by atoms with van der Waals surface area (Å²) in [5, 5.41) is 4.12. The number of ether oxygens (including phenoxy) is 1. The Balaban J connectivity index is 1.91. The zero-order chi connectivity index (χ0) is 16.6. The molecule has 1 aromatic carbocycles. The summed E-state index contributed by atoms with van der Waals surface area (Å²) >= 11 is 0. The molecule has 1 aromatic heterocycles. The minimum atomic E-state index is -0.743. The molecule has 3 rings (SSSR count). The number of aryl methyl sites for hydroxylation is 1. The molecule has 0 atom stereocenters. The second-order valence-electron chi connectivity index (χ2n) is 5.28. The van der Waals surface area contributed by atoms with Gasteiger partial charge in [-0.1, -0.05) is 0 Å². The molecule has 0 amide bonds. The van der Waals surface area contributed by atoms with E-state index in [0.717, 1.165) is 11.3 Å². The highest BCUT2D eigenvalue weighted by molar-refractivity contribution is 6.13. The predicted octanol–water partition coefficient (Wildman–Crippen LogP) is 2.88. The standard InChI is InChI=1S/C16H16F2N4O/c1-10-7-22(12-6-20-21(2)8-12)9-19-15(10)11-4-13(17)16(23-3)14(18)5-11/h4-8H,9H2,1-3H3. The van der Waals surface area contributed by atoms with Crippen molar-refractivity contribution < 1.29 is 13.5 Å². The van der Waals surface area contributed by atoms with Crippen LogP contribution in [0.15, 0.2) is 41.3 Å². The van der Waals surface area contributed by atoms with Crippen molar-refractivity contribution in [1.82, 2.24) is 9.78 Å². The van der Waals surface area contributed by atoms with Gasteiger partial charge in [-0.25, -0.2) is 8.78 Å². The number of methoxy groups -OCH3 is 1. The first-order valence-corrected chi connectivity index (χ1v) is 7.01. The van der Waals surface area contributed by atoms with Crippen LogP contribution in [0.1, 0.15) is 12.5 Å². The Morgan fingerprint density at radius 2 is 1.91 bits per heavy atom. The maximum absolute atomic E-state index is 13.9.